The molecule has 1 atom stereocenters. The fourth-order valence-corrected chi connectivity index (χ4v) is 3.76. The smallest absolute Gasteiger partial charge is 0.329 e. The molecule has 2 heterocycles. The van der Waals surface area contributed by atoms with Crippen LogP contribution in [-0.2, 0) is 4.79 Å². The molecule has 3 rings (SSSR count). The Balaban J connectivity index is 1.93. The lowest BCUT2D eigenvalue weighted by Crippen LogP contribution is -2.55. The SMILES string of the molecule is CC1(C(=O)O)CCCCN1c1nc(-c2ccccc2)cs1. The number of thiazole rings is 1. The zero-order valence-electron chi connectivity index (χ0n) is 12.0. The Bertz CT molecular complexity index is 641. The van der Waals surface area contributed by atoms with Gasteiger partial charge in [0.1, 0.15) is 5.54 Å². The maximum absolute atomic E-state index is 11.7. The highest BCUT2D eigenvalue weighted by molar-refractivity contribution is 7.14. The summed E-state index contributed by atoms with van der Waals surface area (Å²) in [6.45, 7) is 2.56. The van der Waals surface area contributed by atoms with Gasteiger partial charge in [-0.05, 0) is 26.2 Å². The number of carboxylic acid groups (broad SMARTS) is 1. The van der Waals surface area contributed by atoms with E-state index >= 15 is 0 Å². The number of carboxylic acids is 1. The molecule has 0 saturated carbocycles. The summed E-state index contributed by atoms with van der Waals surface area (Å²) < 4.78 is 0. The Labute approximate surface area is 128 Å². The van der Waals surface area contributed by atoms with Gasteiger partial charge in [-0.15, -0.1) is 11.3 Å². The Morgan fingerprint density at radius 3 is 2.81 bits per heavy atom. The van der Waals surface area contributed by atoms with Crippen molar-refractivity contribution in [1.29, 1.82) is 0 Å². The fraction of sp³-hybridized carbons (Fsp3) is 0.375. The molecule has 5 heteroatoms. The molecule has 1 aliphatic rings. The molecule has 1 aromatic carbocycles. The quantitative estimate of drug-likeness (QED) is 0.940. The van der Waals surface area contributed by atoms with Crippen LogP contribution in [0.25, 0.3) is 11.3 Å². The van der Waals surface area contributed by atoms with Crippen LogP contribution in [-0.4, -0.2) is 28.1 Å². The molecule has 1 fully saturated rings. The van der Waals surface area contributed by atoms with E-state index in [4.69, 9.17) is 0 Å². The number of anilines is 1. The average Bonchev–Trinajstić information content (AvgIpc) is 2.98. The van der Waals surface area contributed by atoms with Crippen molar-refractivity contribution in [2.24, 2.45) is 0 Å². The topological polar surface area (TPSA) is 53.4 Å². The Morgan fingerprint density at radius 1 is 1.33 bits per heavy atom. The molecule has 0 radical (unpaired) electrons. The van der Waals surface area contributed by atoms with Crippen molar-refractivity contribution in [3.05, 3.63) is 35.7 Å². The first-order valence-corrected chi connectivity index (χ1v) is 8.01. The predicted molar refractivity (Wildman–Crippen MR) is 84.8 cm³/mol. The summed E-state index contributed by atoms with van der Waals surface area (Å²) in [6, 6.07) is 9.98. The molecule has 1 unspecified atom stereocenters. The third kappa shape index (κ3) is 2.53. The summed E-state index contributed by atoms with van der Waals surface area (Å²) in [5.41, 5.74) is 1.13. The first-order valence-electron chi connectivity index (χ1n) is 7.13. The molecular formula is C16H18N2O2S. The van der Waals surface area contributed by atoms with Crippen LogP contribution < -0.4 is 4.90 Å². The second-order valence-corrected chi connectivity index (χ2v) is 6.41. The highest BCUT2D eigenvalue weighted by Crippen LogP contribution is 2.36. The average molecular weight is 302 g/mol. The minimum absolute atomic E-state index is 0.669. The number of rotatable bonds is 3. The van der Waals surface area contributed by atoms with Gasteiger partial charge in [-0.1, -0.05) is 30.3 Å². The Morgan fingerprint density at radius 2 is 2.10 bits per heavy atom. The van der Waals surface area contributed by atoms with Gasteiger partial charge in [0.2, 0.25) is 0 Å². The molecule has 21 heavy (non-hydrogen) atoms. The molecule has 0 spiro atoms. The lowest BCUT2D eigenvalue weighted by atomic mass is 9.89. The van der Waals surface area contributed by atoms with Gasteiger partial charge in [0.25, 0.3) is 0 Å². The molecule has 2 aromatic rings. The van der Waals surface area contributed by atoms with Gasteiger partial charge in [-0.2, -0.15) is 0 Å². The highest BCUT2D eigenvalue weighted by atomic mass is 32.1. The van der Waals surface area contributed by atoms with Crippen LogP contribution in [0.1, 0.15) is 26.2 Å². The molecule has 1 aliphatic heterocycles. The minimum Gasteiger partial charge on any atom is -0.480 e. The van der Waals surface area contributed by atoms with Crippen molar-refractivity contribution in [1.82, 2.24) is 4.98 Å². The maximum atomic E-state index is 11.7. The van der Waals surface area contributed by atoms with Gasteiger partial charge in [0.05, 0.1) is 5.69 Å². The van der Waals surface area contributed by atoms with Gasteiger partial charge in [-0.3, -0.25) is 0 Å². The van der Waals surface area contributed by atoms with Crippen LogP contribution >= 0.6 is 11.3 Å². The molecule has 0 aliphatic carbocycles. The number of aromatic nitrogens is 1. The summed E-state index contributed by atoms with van der Waals surface area (Å²) in [5.74, 6) is -0.765. The van der Waals surface area contributed by atoms with E-state index in [2.05, 4.69) is 4.98 Å². The summed E-state index contributed by atoms with van der Waals surface area (Å²) in [4.78, 5) is 18.3. The van der Waals surface area contributed by atoms with Crippen molar-refractivity contribution in [3.63, 3.8) is 0 Å². The van der Waals surface area contributed by atoms with Crippen LogP contribution in [0.2, 0.25) is 0 Å². The van der Waals surface area contributed by atoms with E-state index in [0.29, 0.717) is 6.42 Å². The van der Waals surface area contributed by atoms with E-state index in [1.165, 1.54) is 11.3 Å². The first kappa shape index (κ1) is 14.1. The van der Waals surface area contributed by atoms with Crippen LogP contribution in [0.3, 0.4) is 0 Å². The second-order valence-electron chi connectivity index (χ2n) is 5.57. The third-order valence-electron chi connectivity index (χ3n) is 4.14. The zero-order valence-corrected chi connectivity index (χ0v) is 12.8. The van der Waals surface area contributed by atoms with Gasteiger partial charge in [0, 0.05) is 17.5 Å². The van der Waals surface area contributed by atoms with Crippen LogP contribution in [0.5, 0.6) is 0 Å². The van der Waals surface area contributed by atoms with E-state index in [1.54, 1.807) is 6.92 Å². The summed E-state index contributed by atoms with van der Waals surface area (Å²) in [7, 11) is 0. The summed E-state index contributed by atoms with van der Waals surface area (Å²) in [6.07, 6.45) is 2.64. The van der Waals surface area contributed by atoms with Gasteiger partial charge >= 0.3 is 5.97 Å². The Kier molecular flexibility index (Phi) is 3.68. The van der Waals surface area contributed by atoms with Gasteiger partial charge < -0.3 is 10.0 Å². The van der Waals surface area contributed by atoms with E-state index < -0.39 is 11.5 Å². The lowest BCUT2D eigenvalue weighted by molar-refractivity contribution is -0.143. The second kappa shape index (κ2) is 5.48. The Hall–Kier alpha value is -1.88. The van der Waals surface area contributed by atoms with Crippen molar-refractivity contribution >= 4 is 22.4 Å². The fourth-order valence-electron chi connectivity index (χ4n) is 2.78. The minimum atomic E-state index is -0.843. The zero-order chi connectivity index (χ0) is 14.9. The summed E-state index contributed by atoms with van der Waals surface area (Å²) in [5, 5.41) is 12.4. The standard InChI is InChI=1S/C16H18N2O2S/c1-16(14(19)20)9-5-6-10-18(16)15-17-13(11-21-15)12-7-3-2-4-8-12/h2-4,7-8,11H,5-6,9-10H2,1H3,(H,19,20). The molecule has 1 saturated heterocycles. The maximum Gasteiger partial charge on any atom is 0.329 e. The number of benzene rings is 1. The normalized spacial score (nSPS) is 22.2. The van der Waals surface area contributed by atoms with Crippen LogP contribution in [0.15, 0.2) is 35.7 Å². The third-order valence-corrected chi connectivity index (χ3v) is 5.01. The largest absolute Gasteiger partial charge is 0.480 e. The number of piperidine rings is 1. The van der Waals surface area contributed by atoms with Gasteiger partial charge in [-0.25, -0.2) is 9.78 Å². The van der Waals surface area contributed by atoms with Crippen molar-refractivity contribution in [2.45, 2.75) is 31.7 Å². The molecule has 1 N–H and O–H groups in total. The monoisotopic (exact) mass is 302 g/mol. The van der Waals surface area contributed by atoms with Crippen LogP contribution in [0, 0.1) is 0 Å². The molecule has 1 aromatic heterocycles. The van der Waals surface area contributed by atoms with Gasteiger partial charge in [0.15, 0.2) is 5.13 Å². The lowest BCUT2D eigenvalue weighted by Gasteiger charge is -2.41. The summed E-state index contributed by atoms with van der Waals surface area (Å²) >= 11 is 1.52. The molecular weight excluding hydrogens is 284 g/mol. The first-order chi connectivity index (χ1) is 10.1. The van der Waals surface area contributed by atoms with Crippen LogP contribution in [0.4, 0.5) is 5.13 Å². The number of aliphatic carboxylic acids is 1. The van der Waals surface area contributed by atoms with E-state index in [0.717, 1.165) is 35.8 Å². The number of hydrogen-bond donors (Lipinski definition) is 1. The van der Waals surface area contributed by atoms with Crippen molar-refractivity contribution in [2.75, 3.05) is 11.4 Å². The highest BCUT2D eigenvalue weighted by Gasteiger charge is 2.42. The molecule has 0 amide bonds. The molecule has 0 bridgehead atoms. The number of hydrogen-bond acceptors (Lipinski definition) is 4. The molecule has 110 valence electrons. The molecule has 4 nitrogen and oxygen atoms in total. The number of carbonyl (C=O) groups is 1. The van der Waals surface area contributed by atoms with E-state index in [-0.39, 0.29) is 0 Å². The van der Waals surface area contributed by atoms with E-state index in [9.17, 15) is 9.90 Å². The number of nitrogens with zero attached hydrogens (tertiary/aromatic N) is 2. The predicted octanol–water partition coefficient (Wildman–Crippen LogP) is 3.64. The van der Waals surface area contributed by atoms with Crippen molar-refractivity contribution < 1.29 is 9.90 Å². The van der Waals surface area contributed by atoms with E-state index in [1.807, 2.05) is 40.6 Å². The van der Waals surface area contributed by atoms with Crippen molar-refractivity contribution in [3.8, 4) is 11.3 Å².